The van der Waals surface area contributed by atoms with E-state index in [9.17, 15) is 14.7 Å². The lowest BCUT2D eigenvalue weighted by Gasteiger charge is -2.42. The van der Waals surface area contributed by atoms with E-state index >= 15 is 0 Å². The van der Waals surface area contributed by atoms with Gasteiger partial charge in [0.2, 0.25) is 11.8 Å². The first kappa shape index (κ1) is 22.8. The first-order valence-corrected chi connectivity index (χ1v) is 12.1. The average molecular weight is 468 g/mol. The number of pyridine rings is 1. The molecule has 2 saturated heterocycles. The van der Waals surface area contributed by atoms with Gasteiger partial charge in [-0.15, -0.1) is 5.10 Å². The summed E-state index contributed by atoms with van der Waals surface area (Å²) in [6, 6.07) is 2.58. The zero-order chi connectivity index (χ0) is 24.0. The Labute approximate surface area is 199 Å². The molecule has 2 aromatic rings. The number of aliphatic hydroxyl groups is 1. The van der Waals surface area contributed by atoms with Crippen LogP contribution in [0.4, 0.5) is 5.69 Å². The lowest BCUT2D eigenvalue weighted by atomic mass is 9.85. The molecule has 2 N–H and O–H groups in total. The van der Waals surface area contributed by atoms with E-state index in [0.29, 0.717) is 19.0 Å². The van der Waals surface area contributed by atoms with E-state index in [0.717, 1.165) is 24.2 Å². The second-order valence-corrected chi connectivity index (χ2v) is 10.9. The molecule has 4 heterocycles. The zero-order valence-electron chi connectivity index (χ0n) is 20.0. The molecule has 2 amide bonds. The predicted molar refractivity (Wildman–Crippen MR) is 125 cm³/mol. The fourth-order valence-electron chi connectivity index (χ4n) is 4.96. The summed E-state index contributed by atoms with van der Waals surface area (Å²) in [6.07, 6.45) is 7.08. The van der Waals surface area contributed by atoms with Crippen LogP contribution in [0.15, 0.2) is 30.7 Å². The van der Waals surface area contributed by atoms with Gasteiger partial charge in [-0.3, -0.25) is 14.6 Å². The Hall–Kier alpha value is -3.01. The second-order valence-electron chi connectivity index (χ2n) is 10.9. The molecule has 3 fully saturated rings. The molecule has 2 aliphatic heterocycles. The molecular formula is C24H33N7O3. The molecule has 3 atom stereocenters. The largest absolute Gasteiger partial charge is 0.391 e. The summed E-state index contributed by atoms with van der Waals surface area (Å²) in [5, 5.41) is 22.0. The standard InChI is InChI=1S/C24H33N7O3/c1-24(2,3)21(31-14-19(27-28-31)15-4-5-15)23(34)30-13-18(32)10-20(30)22(33)26-16-11-29(12-16)17-6-8-25-9-7-17/h6-9,14-16,18,20-21,32H,4-5,10-13H2,1-3H3,(H,26,33). The van der Waals surface area contributed by atoms with Crippen molar-refractivity contribution in [1.29, 1.82) is 0 Å². The molecule has 3 unspecified atom stereocenters. The number of anilines is 1. The molecule has 2 aromatic heterocycles. The molecule has 182 valence electrons. The van der Waals surface area contributed by atoms with E-state index in [1.54, 1.807) is 17.1 Å². The lowest BCUT2D eigenvalue weighted by molar-refractivity contribution is -0.144. The van der Waals surface area contributed by atoms with Gasteiger partial charge in [0, 0.05) is 56.3 Å². The van der Waals surface area contributed by atoms with E-state index in [1.807, 2.05) is 39.1 Å². The van der Waals surface area contributed by atoms with Gasteiger partial charge in [-0.2, -0.15) is 0 Å². The fraction of sp³-hybridized carbons (Fsp3) is 0.625. The number of aliphatic hydroxyl groups excluding tert-OH is 1. The second kappa shape index (κ2) is 8.65. The van der Waals surface area contributed by atoms with Crippen molar-refractivity contribution in [1.82, 2.24) is 30.2 Å². The Bertz CT molecular complexity index is 1040. The van der Waals surface area contributed by atoms with Crippen LogP contribution in [0.3, 0.4) is 0 Å². The van der Waals surface area contributed by atoms with Gasteiger partial charge in [0.15, 0.2) is 0 Å². The maximum Gasteiger partial charge on any atom is 0.248 e. The van der Waals surface area contributed by atoms with Crippen molar-refractivity contribution in [2.24, 2.45) is 5.41 Å². The quantitative estimate of drug-likeness (QED) is 0.654. The van der Waals surface area contributed by atoms with Crippen LogP contribution in [0.5, 0.6) is 0 Å². The summed E-state index contributed by atoms with van der Waals surface area (Å²) in [5.41, 5.74) is 1.54. The number of nitrogens with one attached hydrogen (secondary N) is 1. The summed E-state index contributed by atoms with van der Waals surface area (Å²) < 4.78 is 1.65. The fourth-order valence-corrected chi connectivity index (χ4v) is 4.96. The summed E-state index contributed by atoms with van der Waals surface area (Å²) in [6.45, 7) is 7.49. The Morgan fingerprint density at radius 1 is 1.15 bits per heavy atom. The average Bonchev–Trinajstić information content (AvgIpc) is 3.37. The Morgan fingerprint density at radius 3 is 2.50 bits per heavy atom. The third kappa shape index (κ3) is 4.51. The number of carbonyl (C=O) groups is 2. The number of rotatable bonds is 6. The molecular weight excluding hydrogens is 434 g/mol. The zero-order valence-corrected chi connectivity index (χ0v) is 20.0. The molecule has 0 spiro atoms. The Kier molecular flexibility index (Phi) is 5.79. The highest BCUT2D eigenvalue weighted by Crippen LogP contribution is 2.40. The lowest BCUT2D eigenvalue weighted by Crippen LogP contribution is -2.62. The van der Waals surface area contributed by atoms with Crippen molar-refractivity contribution in [3.05, 3.63) is 36.4 Å². The van der Waals surface area contributed by atoms with E-state index < -0.39 is 23.6 Å². The minimum Gasteiger partial charge on any atom is -0.391 e. The summed E-state index contributed by atoms with van der Waals surface area (Å²) in [4.78, 5) is 34.7. The molecule has 1 saturated carbocycles. The van der Waals surface area contributed by atoms with Crippen molar-refractivity contribution in [2.75, 3.05) is 24.5 Å². The monoisotopic (exact) mass is 467 g/mol. The van der Waals surface area contributed by atoms with Gasteiger partial charge >= 0.3 is 0 Å². The predicted octanol–water partition coefficient (Wildman–Crippen LogP) is 1.10. The molecule has 34 heavy (non-hydrogen) atoms. The van der Waals surface area contributed by atoms with E-state index in [-0.39, 0.29) is 30.8 Å². The SMILES string of the molecule is CC(C)(C)C(C(=O)N1CC(O)CC1C(=O)NC1CN(c2ccncc2)C1)n1cc(C2CC2)nn1. The molecule has 0 radical (unpaired) electrons. The molecule has 5 rings (SSSR count). The molecule has 10 heteroatoms. The number of carbonyl (C=O) groups excluding carboxylic acids is 2. The minimum atomic E-state index is -0.729. The highest BCUT2D eigenvalue weighted by Gasteiger charge is 2.46. The van der Waals surface area contributed by atoms with Gasteiger partial charge in [0.25, 0.3) is 0 Å². The normalized spacial score (nSPS) is 24.1. The minimum absolute atomic E-state index is 0.00480. The maximum absolute atomic E-state index is 13.8. The number of aromatic nitrogens is 4. The van der Waals surface area contributed by atoms with Crippen LogP contribution < -0.4 is 10.2 Å². The van der Waals surface area contributed by atoms with E-state index in [4.69, 9.17) is 0 Å². The molecule has 1 aliphatic carbocycles. The smallest absolute Gasteiger partial charge is 0.248 e. The number of hydrogen-bond donors (Lipinski definition) is 2. The van der Waals surface area contributed by atoms with Gasteiger partial charge in [-0.1, -0.05) is 26.0 Å². The van der Waals surface area contributed by atoms with Gasteiger partial charge in [0.1, 0.15) is 12.1 Å². The summed E-state index contributed by atoms with van der Waals surface area (Å²) in [7, 11) is 0. The van der Waals surface area contributed by atoms with Crippen LogP contribution in [0, 0.1) is 5.41 Å². The highest BCUT2D eigenvalue weighted by molar-refractivity contribution is 5.90. The Balaban J connectivity index is 1.27. The maximum atomic E-state index is 13.8. The molecule has 0 aromatic carbocycles. The number of nitrogens with zero attached hydrogens (tertiary/aromatic N) is 6. The summed E-state index contributed by atoms with van der Waals surface area (Å²) in [5.74, 6) is 0.0171. The topological polar surface area (TPSA) is 116 Å². The summed E-state index contributed by atoms with van der Waals surface area (Å²) >= 11 is 0. The first-order chi connectivity index (χ1) is 16.2. The molecule has 3 aliphatic rings. The number of likely N-dealkylation sites (tertiary alicyclic amines) is 1. The van der Waals surface area contributed by atoms with Crippen LogP contribution in [0.25, 0.3) is 0 Å². The van der Waals surface area contributed by atoms with Crippen LogP contribution in [-0.2, 0) is 9.59 Å². The van der Waals surface area contributed by atoms with Crippen molar-refractivity contribution in [2.45, 2.75) is 70.2 Å². The number of hydrogen-bond acceptors (Lipinski definition) is 7. The van der Waals surface area contributed by atoms with Gasteiger partial charge in [-0.25, -0.2) is 4.68 Å². The van der Waals surface area contributed by atoms with Gasteiger partial charge in [-0.05, 0) is 30.4 Å². The number of amides is 2. The van der Waals surface area contributed by atoms with Crippen molar-refractivity contribution in [3.63, 3.8) is 0 Å². The van der Waals surface area contributed by atoms with Crippen molar-refractivity contribution < 1.29 is 14.7 Å². The Morgan fingerprint density at radius 2 is 1.85 bits per heavy atom. The third-order valence-corrected chi connectivity index (χ3v) is 6.96. The van der Waals surface area contributed by atoms with Crippen LogP contribution in [0.1, 0.15) is 57.7 Å². The first-order valence-electron chi connectivity index (χ1n) is 12.1. The van der Waals surface area contributed by atoms with Gasteiger partial charge < -0.3 is 20.2 Å². The highest BCUT2D eigenvalue weighted by atomic mass is 16.3. The van der Waals surface area contributed by atoms with Crippen LogP contribution in [-0.4, -0.2) is 79.6 Å². The number of β-amino-alcohol motifs (C(OH)–C–C–N with tert-alkyl or cyclic N) is 1. The van der Waals surface area contributed by atoms with Crippen molar-refractivity contribution in [3.8, 4) is 0 Å². The van der Waals surface area contributed by atoms with E-state index in [2.05, 4.69) is 25.5 Å². The van der Waals surface area contributed by atoms with E-state index in [1.165, 1.54) is 4.90 Å². The van der Waals surface area contributed by atoms with Crippen LogP contribution >= 0.6 is 0 Å². The van der Waals surface area contributed by atoms with Crippen LogP contribution in [0.2, 0.25) is 0 Å². The van der Waals surface area contributed by atoms with Gasteiger partial charge in [0.05, 0.1) is 17.8 Å². The molecule has 10 nitrogen and oxygen atoms in total. The van der Waals surface area contributed by atoms with Crippen molar-refractivity contribution >= 4 is 17.5 Å². The molecule has 0 bridgehead atoms. The third-order valence-electron chi connectivity index (χ3n) is 6.96.